The Morgan fingerprint density at radius 3 is 2.73 bits per heavy atom. The number of urea groups is 1. The number of ether oxygens (including phenoxy) is 1. The quantitative estimate of drug-likeness (QED) is 0.861. The Labute approximate surface area is 131 Å². The summed E-state index contributed by atoms with van der Waals surface area (Å²) < 4.78 is 28.2. The van der Waals surface area contributed by atoms with Gasteiger partial charge in [0, 0.05) is 11.6 Å². The first-order valence-corrected chi connectivity index (χ1v) is 9.17. The number of carbonyl (C=O) groups is 1. The van der Waals surface area contributed by atoms with Crippen LogP contribution >= 0.6 is 0 Å². The van der Waals surface area contributed by atoms with Crippen LogP contribution in [-0.4, -0.2) is 39.1 Å². The smallest absolute Gasteiger partial charge is 0.315 e. The lowest BCUT2D eigenvalue weighted by Crippen LogP contribution is -2.44. The van der Waals surface area contributed by atoms with E-state index in [4.69, 9.17) is 4.74 Å². The van der Waals surface area contributed by atoms with Crippen LogP contribution in [0, 0.1) is 0 Å². The predicted molar refractivity (Wildman–Crippen MR) is 84.8 cm³/mol. The van der Waals surface area contributed by atoms with E-state index in [9.17, 15) is 13.2 Å². The van der Waals surface area contributed by atoms with Gasteiger partial charge in [0.2, 0.25) is 0 Å². The van der Waals surface area contributed by atoms with Crippen molar-refractivity contribution in [1.82, 2.24) is 10.6 Å². The average molecular weight is 326 g/mol. The van der Waals surface area contributed by atoms with E-state index in [2.05, 4.69) is 10.6 Å². The van der Waals surface area contributed by atoms with E-state index in [0.29, 0.717) is 12.8 Å². The Morgan fingerprint density at radius 1 is 1.41 bits per heavy atom. The van der Waals surface area contributed by atoms with Crippen molar-refractivity contribution in [1.29, 1.82) is 0 Å². The maximum absolute atomic E-state index is 12.1. The molecule has 1 aromatic carbocycles. The molecular weight excluding hydrogens is 304 g/mol. The zero-order valence-electron chi connectivity index (χ0n) is 12.8. The summed E-state index contributed by atoms with van der Waals surface area (Å²) in [4.78, 5) is 12.1. The van der Waals surface area contributed by atoms with Gasteiger partial charge in [-0.15, -0.1) is 0 Å². The van der Waals surface area contributed by atoms with Gasteiger partial charge in [-0.25, -0.2) is 13.2 Å². The summed E-state index contributed by atoms with van der Waals surface area (Å²) in [7, 11) is -1.41. The molecule has 2 rings (SSSR count). The van der Waals surface area contributed by atoms with Gasteiger partial charge in [0.15, 0.2) is 9.84 Å². The van der Waals surface area contributed by atoms with Crippen molar-refractivity contribution in [3.8, 4) is 5.75 Å². The number of hydrogen-bond donors (Lipinski definition) is 2. The van der Waals surface area contributed by atoms with E-state index >= 15 is 0 Å². The minimum Gasteiger partial charge on any atom is -0.496 e. The molecule has 1 heterocycles. The lowest BCUT2D eigenvalue weighted by atomic mass is 10.0. The van der Waals surface area contributed by atoms with Crippen molar-refractivity contribution in [3.05, 3.63) is 29.8 Å². The van der Waals surface area contributed by atoms with E-state index in [0.717, 1.165) is 11.3 Å². The molecule has 7 heteroatoms. The lowest BCUT2D eigenvalue weighted by molar-refractivity contribution is 0.233. The molecule has 1 aromatic rings. The van der Waals surface area contributed by atoms with E-state index in [1.54, 1.807) is 7.11 Å². The van der Waals surface area contributed by atoms with Crippen LogP contribution in [0.1, 0.15) is 31.4 Å². The summed E-state index contributed by atoms with van der Waals surface area (Å²) in [6, 6.07) is 6.69. The second-order valence-electron chi connectivity index (χ2n) is 5.42. The van der Waals surface area contributed by atoms with Crippen LogP contribution in [0.3, 0.4) is 0 Å². The third-order valence-corrected chi connectivity index (χ3v) is 5.56. The van der Waals surface area contributed by atoms with Crippen molar-refractivity contribution < 1.29 is 17.9 Å². The maximum atomic E-state index is 12.1. The highest BCUT2D eigenvalue weighted by Gasteiger charge is 2.29. The van der Waals surface area contributed by atoms with Gasteiger partial charge in [-0.05, 0) is 18.9 Å². The van der Waals surface area contributed by atoms with Gasteiger partial charge in [0.25, 0.3) is 0 Å². The van der Waals surface area contributed by atoms with Gasteiger partial charge >= 0.3 is 6.03 Å². The predicted octanol–water partition coefficient (Wildman–Crippen LogP) is 1.63. The fourth-order valence-corrected chi connectivity index (χ4v) is 4.32. The van der Waals surface area contributed by atoms with Gasteiger partial charge in [-0.2, -0.15) is 0 Å². The topological polar surface area (TPSA) is 84.5 Å². The van der Waals surface area contributed by atoms with Crippen molar-refractivity contribution in [2.45, 2.75) is 31.8 Å². The summed E-state index contributed by atoms with van der Waals surface area (Å²) in [5, 5.41) is 5.62. The molecule has 0 radical (unpaired) electrons. The molecule has 2 amide bonds. The highest BCUT2D eigenvalue weighted by molar-refractivity contribution is 7.91. The van der Waals surface area contributed by atoms with Crippen LogP contribution in [0.15, 0.2) is 24.3 Å². The van der Waals surface area contributed by atoms with Gasteiger partial charge < -0.3 is 15.4 Å². The van der Waals surface area contributed by atoms with Crippen molar-refractivity contribution in [2.75, 3.05) is 18.6 Å². The fourth-order valence-electron chi connectivity index (χ4n) is 2.65. The Bertz CT molecular complexity index is 630. The largest absolute Gasteiger partial charge is 0.496 e. The molecule has 1 aliphatic rings. The molecule has 6 nitrogen and oxygen atoms in total. The molecule has 0 spiro atoms. The number of benzene rings is 1. The van der Waals surface area contributed by atoms with Crippen LogP contribution < -0.4 is 15.4 Å². The Morgan fingerprint density at radius 2 is 2.14 bits per heavy atom. The first-order valence-electron chi connectivity index (χ1n) is 7.35. The van der Waals surface area contributed by atoms with Crippen LogP contribution in [0.4, 0.5) is 4.79 Å². The number of para-hydroxylation sites is 1. The summed E-state index contributed by atoms with van der Waals surface area (Å²) in [5.74, 6) is 0.881. The number of carbonyl (C=O) groups excluding carboxylic acids is 1. The molecule has 122 valence electrons. The lowest BCUT2D eigenvalue weighted by Gasteiger charge is -2.21. The van der Waals surface area contributed by atoms with E-state index in [1.165, 1.54) is 0 Å². The van der Waals surface area contributed by atoms with Crippen LogP contribution in [-0.2, 0) is 9.84 Å². The second kappa shape index (κ2) is 7.00. The SMILES string of the molecule is CC[C@H](NC(=O)N[C@@H]1CCS(=O)(=O)C1)c1ccccc1OC. The molecule has 0 aromatic heterocycles. The molecule has 1 fully saturated rings. The number of amides is 2. The molecule has 0 bridgehead atoms. The first-order chi connectivity index (χ1) is 10.4. The molecule has 0 aliphatic carbocycles. The summed E-state index contributed by atoms with van der Waals surface area (Å²) >= 11 is 0. The number of rotatable bonds is 5. The highest BCUT2D eigenvalue weighted by Crippen LogP contribution is 2.26. The van der Waals surface area contributed by atoms with Gasteiger partial charge in [-0.3, -0.25) is 0 Å². The summed E-state index contributed by atoms with van der Waals surface area (Å²) in [5.41, 5.74) is 0.904. The van der Waals surface area contributed by atoms with Gasteiger partial charge in [-0.1, -0.05) is 25.1 Å². The molecule has 2 atom stereocenters. The first kappa shape index (κ1) is 16.6. The molecule has 0 saturated carbocycles. The monoisotopic (exact) mass is 326 g/mol. The Kier molecular flexibility index (Phi) is 5.28. The Balaban J connectivity index is 1.99. The third-order valence-electron chi connectivity index (χ3n) is 3.80. The van der Waals surface area contributed by atoms with Gasteiger partial charge in [0.1, 0.15) is 5.75 Å². The van der Waals surface area contributed by atoms with Crippen LogP contribution in [0.5, 0.6) is 5.75 Å². The number of hydrogen-bond acceptors (Lipinski definition) is 4. The normalized spacial score (nSPS) is 21.1. The number of sulfone groups is 1. The zero-order chi connectivity index (χ0) is 16.2. The molecule has 0 unspecified atom stereocenters. The fraction of sp³-hybridized carbons (Fsp3) is 0.533. The molecule has 2 N–H and O–H groups in total. The number of methoxy groups -OCH3 is 1. The minimum absolute atomic E-state index is 0.0197. The average Bonchev–Trinajstić information content (AvgIpc) is 2.83. The third kappa shape index (κ3) is 4.13. The summed E-state index contributed by atoms with van der Waals surface area (Å²) in [6.07, 6.45) is 1.18. The van der Waals surface area contributed by atoms with E-state index in [1.807, 2.05) is 31.2 Å². The number of nitrogens with one attached hydrogen (secondary N) is 2. The molecule has 1 aliphatic heterocycles. The maximum Gasteiger partial charge on any atom is 0.315 e. The van der Waals surface area contributed by atoms with Crippen LogP contribution in [0.25, 0.3) is 0 Å². The molecular formula is C15H22N2O4S. The van der Waals surface area contributed by atoms with E-state index < -0.39 is 9.84 Å². The molecule has 22 heavy (non-hydrogen) atoms. The van der Waals surface area contributed by atoms with Crippen molar-refractivity contribution in [2.24, 2.45) is 0 Å². The molecule has 1 saturated heterocycles. The Hall–Kier alpha value is -1.76. The minimum atomic E-state index is -3.00. The van der Waals surface area contributed by atoms with Gasteiger partial charge in [0.05, 0.1) is 24.7 Å². The van der Waals surface area contributed by atoms with Crippen molar-refractivity contribution in [3.63, 3.8) is 0 Å². The van der Waals surface area contributed by atoms with Crippen molar-refractivity contribution >= 4 is 15.9 Å². The summed E-state index contributed by atoms with van der Waals surface area (Å²) in [6.45, 7) is 1.97. The second-order valence-corrected chi connectivity index (χ2v) is 7.65. The highest BCUT2D eigenvalue weighted by atomic mass is 32.2. The van der Waals surface area contributed by atoms with E-state index in [-0.39, 0.29) is 29.6 Å². The standard InChI is InChI=1S/C15H22N2O4S/c1-3-13(12-6-4-5-7-14(12)21-2)17-15(18)16-11-8-9-22(19,20)10-11/h4-7,11,13H,3,8-10H2,1-2H3,(H2,16,17,18)/t11-,13+/m1/s1. The zero-order valence-corrected chi connectivity index (χ0v) is 13.7. The van der Waals surface area contributed by atoms with Crippen LogP contribution in [0.2, 0.25) is 0 Å².